The average Bonchev–Trinajstić information content (AvgIpc) is 3.01. The van der Waals surface area contributed by atoms with E-state index in [-0.39, 0.29) is 0 Å². The largest absolute Gasteiger partial charge is 0.494 e. The van der Waals surface area contributed by atoms with Gasteiger partial charge in [-0.3, -0.25) is 0 Å². The zero-order chi connectivity index (χ0) is 13.8. The summed E-state index contributed by atoms with van der Waals surface area (Å²) in [5, 5.41) is 2.72. The number of benzene rings is 2. The van der Waals surface area contributed by atoms with Crippen molar-refractivity contribution in [2.75, 3.05) is 18.1 Å². The molecule has 1 aliphatic rings. The Hall–Kier alpha value is -1.15. The van der Waals surface area contributed by atoms with Crippen LogP contribution in [0.15, 0.2) is 36.4 Å². The Kier molecular flexibility index (Phi) is 4.51. The third-order valence-corrected chi connectivity index (χ3v) is 5.19. The first-order valence-corrected chi connectivity index (χ1v) is 8.77. The Balaban J connectivity index is 1.91. The number of hydrogen-bond acceptors (Lipinski definition) is 2. The van der Waals surface area contributed by atoms with Gasteiger partial charge in [-0.25, -0.2) is 0 Å². The lowest BCUT2D eigenvalue weighted by Gasteiger charge is -2.14. The first-order valence-electron chi connectivity index (χ1n) is 7.61. The summed E-state index contributed by atoms with van der Waals surface area (Å²) in [5.41, 5.74) is 1.51. The van der Waals surface area contributed by atoms with E-state index in [0.717, 1.165) is 24.7 Å². The van der Waals surface area contributed by atoms with E-state index in [1.807, 2.05) is 0 Å². The van der Waals surface area contributed by atoms with Crippen LogP contribution in [0.25, 0.3) is 10.8 Å². The first kappa shape index (κ1) is 13.8. The van der Waals surface area contributed by atoms with Gasteiger partial charge in [-0.2, -0.15) is 11.8 Å². The van der Waals surface area contributed by atoms with Crippen molar-refractivity contribution in [2.24, 2.45) is 0 Å². The van der Waals surface area contributed by atoms with E-state index in [2.05, 4.69) is 55.1 Å². The third kappa shape index (κ3) is 2.95. The molecule has 0 aliphatic carbocycles. The summed E-state index contributed by atoms with van der Waals surface area (Å²) in [7, 11) is 0. The summed E-state index contributed by atoms with van der Waals surface area (Å²) in [4.78, 5) is 0. The molecule has 1 aliphatic heterocycles. The number of hydrogen-bond donors (Lipinski definition) is 0. The van der Waals surface area contributed by atoms with E-state index < -0.39 is 0 Å². The van der Waals surface area contributed by atoms with E-state index in [1.165, 1.54) is 40.7 Å². The Morgan fingerprint density at radius 2 is 2.20 bits per heavy atom. The molecule has 1 nitrogen and oxygen atoms in total. The minimum Gasteiger partial charge on any atom is -0.494 e. The van der Waals surface area contributed by atoms with E-state index in [4.69, 9.17) is 4.74 Å². The topological polar surface area (TPSA) is 9.23 Å². The fraction of sp³-hybridized carbons (Fsp3) is 0.444. The zero-order valence-corrected chi connectivity index (χ0v) is 12.9. The Bertz CT molecular complexity index is 573. The molecule has 106 valence electrons. The summed E-state index contributed by atoms with van der Waals surface area (Å²) in [6, 6.07) is 13.2. The second-order valence-corrected chi connectivity index (χ2v) is 6.64. The highest BCUT2D eigenvalue weighted by molar-refractivity contribution is 7.99. The van der Waals surface area contributed by atoms with Crippen molar-refractivity contribution in [1.82, 2.24) is 0 Å². The lowest BCUT2D eigenvalue weighted by atomic mass is 9.93. The summed E-state index contributed by atoms with van der Waals surface area (Å²) >= 11 is 2.08. The number of fused-ring (bicyclic) bond motifs is 1. The van der Waals surface area contributed by atoms with Gasteiger partial charge >= 0.3 is 0 Å². The standard InChI is InChI=1S/C18H22OS/c1-2-3-10-19-16-8-7-14-5-4-6-17(18(14)12-16)15-9-11-20-13-15/h4-8,12,15H,2-3,9-11,13H2,1H3. The van der Waals surface area contributed by atoms with Crippen LogP contribution >= 0.6 is 11.8 Å². The van der Waals surface area contributed by atoms with Crippen molar-refractivity contribution in [3.05, 3.63) is 42.0 Å². The molecule has 0 amide bonds. The van der Waals surface area contributed by atoms with Crippen LogP contribution in [0.1, 0.15) is 37.7 Å². The molecule has 20 heavy (non-hydrogen) atoms. The molecule has 1 atom stereocenters. The fourth-order valence-corrected chi connectivity index (χ4v) is 4.08. The van der Waals surface area contributed by atoms with E-state index in [9.17, 15) is 0 Å². The smallest absolute Gasteiger partial charge is 0.119 e. The van der Waals surface area contributed by atoms with Gasteiger partial charge in [0.25, 0.3) is 0 Å². The molecule has 0 spiro atoms. The molecule has 0 N–H and O–H groups in total. The molecule has 0 bridgehead atoms. The van der Waals surface area contributed by atoms with Crippen molar-refractivity contribution in [3.63, 3.8) is 0 Å². The van der Waals surface area contributed by atoms with E-state index in [0.29, 0.717) is 0 Å². The molecular formula is C18H22OS. The monoisotopic (exact) mass is 286 g/mol. The molecule has 2 heteroatoms. The Morgan fingerprint density at radius 3 is 3.00 bits per heavy atom. The summed E-state index contributed by atoms with van der Waals surface area (Å²) < 4.78 is 5.87. The molecule has 1 heterocycles. The normalized spacial score (nSPS) is 18.6. The average molecular weight is 286 g/mol. The molecule has 0 radical (unpaired) electrons. The molecule has 1 saturated heterocycles. The van der Waals surface area contributed by atoms with Crippen molar-refractivity contribution < 1.29 is 4.74 Å². The fourth-order valence-electron chi connectivity index (χ4n) is 2.84. The maximum Gasteiger partial charge on any atom is 0.119 e. The van der Waals surface area contributed by atoms with Crippen LogP contribution in [0.4, 0.5) is 0 Å². The molecule has 3 rings (SSSR count). The van der Waals surface area contributed by atoms with Crippen LogP contribution in [0.3, 0.4) is 0 Å². The second kappa shape index (κ2) is 6.53. The molecule has 2 aromatic carbocycles. The summed E-state index contributed by atoms with van der Waals surface area (Å²) in [6.07, 6.45) is 3.61. The van der Waals surface area contributed by atoms with Gasteiger partial charge < -0.3 is 4.74 Å². The predicted molar refractivity (Wildman–Crippen MR) is 89.0 cm³/mol. The summed E-state index contributed by atoms with van der Waals surface area (Å²) in [5.74, 6) is 4.30. The maximum atomic E-state index is 5.87. The van der Waals surface area contributed by atoms with Gasteiger partial charge in [0.15, 0.2) is 0 Å². The van der Waals surface area contributed by atoms with Gasteiger partial charge in [0.05, 0.1) is 6.61 Å². The highest BCUT2D eigenvalue weighted by Crippen LogP contribution is 2.37. The number of unbranched alkanes of at least 4 members (excludes halogenated alkanes) is 1. The van der Waals surface area contributed by atoms with Crippen LogP contribution in [-0.4, -0.2) is 18.1 Å². The van der Waals surface area contributed by atoms with Crippen LogP contribution < -0.4 is 4.74 Å². The first-order chi connectivity index (χ1) is 9.88. The van der Waals surface area contributed by atoms with E-state index >= 15 is 0 Å². The van der Waals surface area contributed by atoms with Crippen molar-refractivity contribution in [3.8, 4) is 5.75 Å². The maximum absolute atomic E-state index is 5.87. The lowest BCUT2D eigenvalue weighted by Crippen LogP contribution is -1.99. The third-order valence-electron chi connectivity index (χ3n) is 4.02. The number of ether oxygens (including phenoxy) is 1. The Labute approximate surface area is 125 Å². The predicted octanol–water partition coefficient (Wildman–Crippen LogP) is 5.24. The Morgan fingerprint density at radius 1 is 1.25 bits per heavy atom. The van der Waals surface area contributed by atoms with Gasteiger partial charge in [-0.15, -0.1) is 0 Å². The highest BCUT2D eigenvalue weighted by Gasteiger charge is 2.19. The molecule has 0 aromatic heterocycles. The van der Waals surface area contributed by atoms with Crippen molar-refractivity contribution >= 4 is 22.5 Å². The second-order valence-electron chi connectivity index (χ2n) is 5.49. The zero-order valence-electron chi connectivity index (χ0n) is 12.1. The van der Waals surface area contributed by atoms with Gasteiger partial charge in [0.2, 0.25) is 0 Å². The van der Waals surface area contributed by atoms with Gasteiger partial charge in [0.1, 0.15) is 5.75 Å². The molecule has 1 fully saturated rings. The minimum atomic E-state index is 0.717. The van der Waals surface area contributed by atoms with Gasteiger partial charge in [-0.1, -0.05) is 37.6 Å². The van der Waals surface area contributed by atoms with Gasteiger partial charge in [0, 0.05) is 5.75 Å². The lowest BCUT2D eigenvalue weighted by molar-refractivity contribution is 0.310. The molecule has 1 unspecified atom stereocenters. The number of thioether (sulfide) groups is 1. The van der Waals surface area contributed by atoms with E-state index in [1.54, 1.807) is 0 Å². The van der Waals surface area contributed by atoms with Gasteiger partial charge in [-0.05, 0) is 53.0 Å². The van der Waals surface area contributed by atoms with Crippen LogP contribution in [0, 0.1) is 0 Å². The molecule has 0 saturated carbocycles. The van der Waals surface area contributed by atoms with Crippen molar-refractivity contribution in [2.45, 2.75) is 32.1 Å². The van der Waals surface area contributed by atoms with Crippen molar-refractivity contribution in [1.29, 1.82) is 0 Å². The quantitative estimate of drug-likeness (QED) is 0.695. The van der Waals surface area contributed by atoms with Crippen LogP contribution in [-0.2, 0) is 0 Å². The number of rotatable bonds is 5. The molecular weight excluding hydrogens is 264 g/mol. The van der Waals surface area contributed by atoms with Crippen LogP contribution in [0.2, 0.25) is 0 Å². The summed E-state index contributed by atoms with van der Waals surface area (Å²) in [6.45, 7) is 3.02. The SMILES string of the molecule is CCCCOc1ccc2cccc(C3CCSC3)c2c1. The minimum absolute atomic E-state index is 0.717. The highest BCUT2D eigenvalue weighted by atomic mass is 32.2. The van der Waals surface area contributed by atoms with Crippen LogP contribution in [0.5, 0.6) is 5.75 Å². The molecule has 2 aromatic rings.